The van der Waals surface area contributed by atoms with Crippen molar-refractivity contribution in [3.8, 4) is 0 Å². The number of aliphatic hydroxyl groups excluding tert-OH is 2. The predicted molar refractivity (Wildman–Crippen MR) is 92.7 cm³/mol. The fourth-order valence-corrected chi connectivity index (χ4v) is 3.28. The van der Waals surface area contributed by atoms with Crippen molar-refractivity contribution in [1.29, 1.82) is 0 Å². The highest BCUT2D eigenvalue weighted by molar-refractivity contribution is 5.34. The summed E-state index contributed by atoms with van der Waals surface area (Å²) in [4.78, 5) is 10.2. The zero-order chi connectivity index (χ0) is 17.7. The van der Waals surface area contributed by atoms with E-state index in [2.05, 4.69) is 19.2 Å². The van der Waals surface area contributed by atoms with Crippen molar-refractivity contribution in [3.05, 3.63) is 39.9 Å². The number of benzene rings is 1. The first-order valence-electron chi connectivity index (χ1n) is 8.59. The molecule has 0 bridgehead atoms. The minimum Gasteiger partial charge on any atom is -0.395 e. The van der Waals surface area contributed by atoms with Crippen LogP contribution in [0.5, 0.6) is 0 Å². The summed E-state index contributed by atoms with van der Waals surface area (Å²) in [5.74, 6) is 0.566. The summed E-state index contributed by atoms with van der Waals surface area (Å²) >= 11 is 0. The van der Waals surface area contributed by atoms with Gasteiger partial charge in [0.25, 0.3) is 5.69 Å². The van der Waals surface area contributed by atoms with E-state index < -0.39 is 17.1 Å². The smallest absolute Gasteiger partial charge is 0.269 e. The number of non-ortho nitro benzene ring substituents is 1. The number of nitro groups is 1. The van der Waals surface area contributed by atoms with Gasteiger partial charge in [-0.25, -0.2) is 0 Å². The van der Waals surface area contributed by atoms with Crippen LogP contribution in [0.2, 0.25) is 0 Å². The Morgan fingerprint density at radius 3 is 2.38 bits per heavy atom. The van der Waals surface area contributed by atoms with Crippen LogP contribution in [0.15, 0.2) is 24.3 Å². The van der Waals surface area contributed by atoms with Crippen LogP contribution < -0.4 is 5.32 Å². The van der Waals surface area contributed by atoms with E-state index in [1.165, 1.54) is 37.1 Å². The largest absolute Gasteiger partial charge is 0.395 e. The van der Waals surface area contributed by atoms with E-state index in [-0.39, 0.29) is 12.3 Å². The first-order chi connectivity index (χ1) is 11.3. The van der Waals surface area contributed by atoms with Crippen molar-refractivity contribution < 1.29 is 15.1 Å². The molecule has 1 aromatic rings. The fraction of sp³-hybridized carbons (Fsp3) is 0.667. The highest BCUT2D eigenvalue weighted by Crippen LogP contribution is 2.37. The Morgan fingerprint density at radius 2 is 1.88 bits per heavy atom. The first kappa shape index (κ1) is 18.8. The highest BCUT2D eigenvalue weighted by Gasteiger charge is 2.28. The molecule has 1 aliphatic rings. The molecule has 0 aromatic heterocycles. The van der Waals surface area contributed by atoms with Gasteiger partial charge in [0.1, 0.15) is 0 Å². The van der Waals surface area contributed by atoms with Crippen LogP contribution in [0.4, 0.5) is 5.69 Å². The molecule has 0 radical (unpaired) electrons. The third kappa shape index (κ3) is 5.00. The number of hydrogen-bond acceptors (Lipinski definition) is 5. The Bertz CT molecular complexity index is 534. The Labute approximate surface area is 143 Å². The second-order valence-electron chi connectivity index (χ2n) is 7.60. The molecule has 6 heteroatoms. The van der Waals surface area contributed by atoms with Gasteiger partial charge in [0.15, 0.2) is 0 Å². The number of nitrogens with one attached hydrogen (secondary N) is 1. The van der Waals surface area contributed by atoms with Crippen LogP contribution in [-0.2, 0) is 0 Å². The summed E-state index contributed by atoms with van der Waals surface area (Å²) < 4.78 is 0. The van der Waals surface area contributed by atoms with E-state index in [4.69, 9.17) is 0 Å². The van der Waals surface area contributed by atoms with E-state index in [1.807, 2.05) is 0 Å². The van der Waals surface area contributed by atoms with Crippen LogP contribution in [0.1, 0.15) is 51.2 Å². The molecule has 3 N–H and O–H groups in total. The second-order valence-corrected chi connectivity index (χ2v) is 7.60. The fourth-order valence-electron chi connectivity index (χ4n) is 3.28. The van der Waals surface area contributed by atoms with Crippen molar-refractivity contribution in [2.75, 3.05) is 13.2 Å². The maximum Gasteiger partial charge on any atom is 0.269 e. The first-order valence-corrected chi connectivity index (χ1v) is 8.59. The summed E-state index contributed by atoms with van der Waals surface area (Å²) in [5.41, 5.74) is 0.978. The molecular formula is C18H28N2O4. The van der Waals surface area contributed by atoms with Crippen molar-refractivity contribution in [1.82, 2.24) is 5.32 Å². The van der Waals surface area contributed by atoms with Gasteiger partial charge in [-0.2, -0.15) is 0 Å². The standard InChI is InChI=1S/C18H28N2O4/c1-18(2)9-7-13(8-10-18)11-19-16(12-21)17(22)14-3-5-15(6-4-14)20(23)24/h3-6,13,16-17,19,21-22H,7-12H2,1-2H3. The van der Waals surface area contributed by atoms with Gasteiger partial charge in [0, 0.05) is 12.1 Å². The molecule has 2 rings (SSSR count). The molecule has 0 spiro atoms. The van der Waals surface area contributed by atoms with Gasteiger partial charge in [-0.1, -0.05) is 13.8 Å². The molecule has 0 aliphatic heterocycles. The summed E-state index contributed by atoms with van der Waals surface area (Å²) in [7, 11) is 0. The lowest BCUT2D eigenvalue weighted by Gasteiger charge is -2.35. The van der Waals surface area contributed by atoms with E-state index in [0.29, 0.717) is 16.9 Å². The lowest BCUT2D eigenvalue weighted by Crippen LogP contribution is -2.41. The van der Waals surface area contributed by atoms with E-state index in [9.17, 15) is 20.3 Å². The van der Waals surface area contributed by atoms with Crippen molar-refractivity contribution in [2.24, 2.45) is 11.3 Å². The normalized spacial score (nSPS) is 20.5. The zero-order valence-corrected chi connectivity index (χ0v) is 14.4. The summed E-state index contributed by atoms with van der Waals surface area (Å²) in [5, 5.41) is 34.0. The van der Waals surface area contributed by atoms with Crippen molar-refractivity contribution in [2.45, 2.75) is 51.7 Å². The van der Waals surface area contributed by atoms with Gasteiger partial charge in [-0.05, 0) is 61.3 Å². The molecule has 24 heavy (non-hydrogen) atoms. The Hall–Kier alpha value is -1.50. The molecule has 134 valence electrons. The van der Waals surface area contributed by atoms with Crippen LogP contribution in [0, 0.1) is 21.4 Å². The number of aliphatic hydroxyl groups is 2. The summed E-state index contributed by atoms with van der Waals surface area (Å²) in [6, 6.07) is 5.35. The lowest BCUT2D eigenvalue weighted by molar-refractivity contribution is -0.384. The zero-order valence-electron chi connectivity index (χ0n) is 14.4. The minimum atomic E-state index is -0.893. The van der Waals surface area contributed by atoms with E-state index in [0.717, 1.165) is 19.4 Å². The van der Waals surface area contributed by atoms with Crippen molar-refractivity contribution >= 4 is 5.69 Å². The number of nitrogens with zero attached hydrogens (tertiary/aromatic N) is 1. The molecule has 0 heterocycles. The Balaban J connectivity index is 1.89. The van der Waals surface area contributed by atoms with Crippen LogP contribution in [0.3, 0.4) is 0 Å². The maximum atomic E-state index is 10.7. The number of nitro benzene ring substituents is 1. The maximum absolute atomic E-state index is 10.7. The van der Waals surface area contributed by atoms with Gasteiger partial charge >= 0.3 is 0 Å². The number of hydrogen-bond donors (Lipinski definition) is 3. The van der Waals surface area contributed by atoms with Gasteiger partial charge in [0.05, 0.1) is 23.7 Å². The third-order valence-corrected chi connectivity index (χ3v) is 5.15. The summed E-state index contributed by atoms with van der Waals surface area (Å²) in [6.45, 7) is 5.18. The molecular weight excluding hydrogens is 308 g/mol. The Kier molecular flexibility index (Phi) is 6.32. The minimum absolute atomic E-state index is 0.00993. The predicted octanol–water partition coefficient (Wildman–Crippen LogP) is 2.80. The molecule has 0 saturated heterocycles. The molecule has 1 saturated carbocycles. The van der Waals surface area contributed by atoms with Crippen LogP contribution in [-0.4, -0.2) is 34.3 Å². The molecule has 0 amide bonds. The SMILES string of the molecule is CC1(C)CCC(CNC(CO)C(O)c2ccc([N+](=O)[O-])cc2)CC1. The summed E-state index contributed by atoms with van der Waals surface area (Å²) in [6.07, 6.45) is 3.83. The number of rotatable bonds is 7. The molecule has 6 nitrogen and oxygen atoms in total. The van der Waals surface area contributed by atoms with E-state index >= 15 is 0 Å². The molecule has 2 unspecified atom stereocenters. The van der Waals surface area contributed by atoms with Crippen molar-refractivity contribution in [3.63, 3.8) is 0 Å². The molecule has 1 fully saturated rings. The van der Waals surface area contributed by atoms with Crippen LogP contribution in [0.25, 0.3) is 0 Å². The average molecular weight is 336 g/mol. The molecule has 1 aromatic carbocycles. The highest BCUT2D eigenvalue weighted by atomic mass is 16.6. The van der Waals surface area contributed by atoms with Gasteiger partial charge in [-0.15, -0.1) is 0 Å². The topological polar surface area (TPSA) is 95.6 Å². The Morgan fingerprint density at radius 1 is 1.29 bits per heavy atom. The molecule has 1 aliphatic carbocycles. The molecule has 2 atom stereocenters. The van der Waals surface area contributed by atoms with Gasteiger partial charge in [0.2, 0.25) is 0 Å². The monoisotopic (exact) mass is 336 g/mol. The average Bonchev–Trinajstić information content (AvgIpc) is 2.56. The van der Waals surface area contributed by atoms with E-state index in [1.54, 1.807) is 0 Å². The van der Waals surface area contributed by atoms with Gasteiger partial charge in [-0.3, -0.25) is 10.1 Å². The van der Waals surface area contributed by atoms with Gasteiger partial charge < -0.3 is 15.5 Å². The van der Waals surface area contributed by atoms with Crippen LogP contribution >= 0.6 is 0 Å². The second kappa shape index (κ2) is 8.05. The third-order valence-electron chi connectivity index (χ3n) is 5.15. The quantitative estimate of drug-likeness (QED) is 0.525. The lowest BCUT2D eigenvalue weighted by atomic mass is 9.73.